The summed E-state index contributed by atoms with van der Waals surface area (Å²) in [7, 11) is 0. The number of furan rings is 1. The summed E-state index contributed by atoms with van der Waals surface area (Å²) in [4.78, 5) is 25.3. The molecule has 2 aromatic carbocycles. The van der Waals surface area contributed by atoms with Crippen LogP contribution < -0.4 is 10.7 Å². The molecule has 1 aliphatic carbocycles. The Labute approximate surface area is 175 Å². The van der Waals surface area contributed by atoms with Gasteiger partial charge in [-0.25, -0.2) is 5.43 Å². The van der Waals surface area contributed by atoms with Crippen LogP contribution in [0, 0.1) is 6.92 Å². The zero-order chi connectivity index (χ0) is 21.3. The maximum atomic E-state index is 12.8. The van der Waals surface area contributed by atoms with Gasteiger partial charge in [0.05, 0.1) is 5.71 Å². The number of hydrazone groups is 1. The summed E-state index contributed by atoms with van der Waals surface area (Å²) in [5, 5.41) is 9.19. The summed E-state index contributed by atoms with van der Waals surface area (Å²) < 4.78 is 5.87. The maximum absolute atomic E-state index is 12.8. The summed E-state index contributed by atoms with van der Waals surface area (Å²) in [6, 6.07) is 13.4. The van der Waals surface area contributed by atoms with Crippen LogP contribution in [-0.2, 0) is 6.42 Å². The highest BCUT2D eigenvalue weighted by Gasteiger charge is 2.28. The molecular formula is C24H25N3O3. The van der Waals surface area contributed by atoms with Crippen molar-refractivity contribution in [3.8, 4) is 0 Å². The number of carbonyl (C=O) groups excluding carboxylic acids is 2. The minimum absolute atomic E-state index is 0.0205. The van der Waals surface area contributed by atoms with Crippen LogP contribution >= 0.6 is 0 Å². The lowest BCUT2D eigenvalue weighted by molar-refractivity contribution is 0.0911. The molecule has 2 amide bonds. The van der Waals surface area contributed by atoms with Gasteiger partial charge in [0.25, 0.3) is 11.8 Å². The fourth-order valence-electron chi connectivity index (χ4n) is 3.93. The lowest BCUT2D eigenvalue weighted by Crippen LogP contribution is -2.30. The van der Waals surface area contributed by atoms with E-state index in [1.807, 2.05) is 57.2 Å². The normalized spacial score (nSPS) is 14.7. The van der Waals surface area contributed by atoms with Crippen molar-refractivity contribution >= 4 is 28.3 Å². The first-order valence-corrected chi connectivity index (χ1v) is 10.2. The van der Waals surface area contributed by atoms with E-state index in [2.05, 4.69) is 15.8 Å². The molecule has 0 saturated carbocycles. The van der Waals surface area contributed by atoms with E-state index in [1.165, 1.54) is 0 Å². The molecule has 0 aliphatic heterocycles. The van der Waals surface area contributed by atoms with Crippen molar-refractivity contribution < 1.29 is 14.0 Å². The number of carbonyl (C=O) groups is 2. The van der Waals surface area contributed by atoms with Crippen LogP contribution in [0.1, 0.15) is 64.5 Å². The third-order valence-corrected chi connectivity index (χ3v) is 5.28. The van der Waals surface area contributed by atoms with Crippen molar-refractivity contribution in [2.45, 2.75) is 46.1 Å². The van der Waals surface area contributed by atoms with Gasteiger partial charge in [-0.15, -0.1) is 0 Å². The lowest BCUT2D eigenvalue weighted by Gasteiger charge is -2.13. The van der Waals surface area contributed by atoms with Gasteiger partial charge in [0, 0.05) is 29.2 Å². The quantitative estimate of drug-likeness (QED) is 0.635. The molecule has 0 fully saturated rings. The molecule has 0 unspecified atom stereocenters. The Kier molecular flexibility index (Phi) is 5.40. The van der Waals surface area contributed by atoms with E-state index >= 15 is 0 Å². The molecule has 3 aromatic rings. The van der Waals surface area contributed by atoms with Gasteiger partial charge in [-0.3, -0.25) is 9.59 Å². The van der Waals surface area contributed by atoms with Crippen molar-refractivity contribution in [3.05, 3.63) is 70.7 Å². The average molecular weight is 403 g/mol. The molecule has 0 atom stereocenters. The summed E-state index contributed by atoms with van der Waals surface area (Å²) in [5.74, 6) is 0.593. The second-order valence-corrected chi connectivity index (χ2v) is 7.86. The Morgan fingerprint density at radius 3 is 2.60 bits per heavy atom. The number of hydrogen-bond donors (Lipinski definition) is 2. The predicted octanol–water partition coefficient (Wildman–Crippen LogP) is 4.35. The van der Waals surface area contributed by atoms with E-state index in [-0.39, 0.29) is 17.9 Å². The van der Waals surface area contributed by atoms with Crippen LogP contribution in [0.5, 0.6) is 0 Å². The Hall–Kier alpha value is -3.41. The first-order valence-electron chi connectivity index (χ1n) is 10.2. The molecule has 30 heavy (non-hydrogen) atoms. The van der Waals surface area contributed by atoms with Gasteiger partial charge in [-0.05, 0) is 50.5 Å². The lowest BCUT2D eigenvalue weighted by atomic mass is 9.93. The Morgan fingerprint density at radius 2 is 1.80 bits per heavy atom. The van der Waals surface area contributed by atoms with Crippen molar-refractivity contribution in [1.29, 1.82) is 0 Å². The molecule has 6 heteroatoms. The SMILES string of the molecule is Cc1c(C(=O)NC(C)C)oc2c1/C(=N/NC(=O)c1cccc3ccccc13)CCC2. The van der Waals surface area contributed by atoms with Crippen LogP contribution in [0.4, 0.5) is 0 Å². The molecule has 0 spiro atoms. The van der Waals surface area contributed by atoms with Crippen LogP contribution in [0.15, 0.2) is 52.0 Å². The molecule has 4 rings (SSSR count). The number of nitrogens with zero attached hydrogens (tertiary/aromatic N) is 1. The fourth-order valence-corrected chi connectivity index (χ4v) is 3.93. The second-order valence-electron chi connectivity index (χ2n) is 7.86. The zero-order valence-electron chi connectivity index (χ0n) is 17.4. The van der Waals surface area contributed by atoms with Gasteiger partial charge in [0.15, 0.2) is 5.76 Å². The van der Waals surface area contributed by atoms with Gasteiger partial charge in [0.2, 0.25) is 0 Å². The smallest absolute Gasteiger partial charge is 0.287 e. The fraction of sp³-hybridized carbons (Fsp3) is 0.292. The Bertz CT molecular complexity index is 1150. The van der Waals surface area contributed by atoms with Crippen molar-refractivity contribution in [2.75, 3.05) is 0 Å². The third kappa shape index (κ3) is 3.73. The third-order valence-electron chi connectivity index (χ3n) is 5.28. The molecule has 6 nitrogen and oxygen atoms in total. The van der Waals surface area contributed by atoms with E-state index in [9.17, 15) is 9.59 Å². The molecule has 154 valence electrons. The van der Waals surface area contributed by atoms with E-state index in [4.69, 9.17) is 4.42 Å². The molecule has 1 aliphatic rings. The first kappa shape index (κ1) is 19.9. The number of aryl methyl sites for hydroxylation is 1. The van der Waals surface area contributed by atoms with Gasteiger partial charge in [-0.2, -0.15) is 5.10 Å². The largest absolute Gasteiger partial charge is 0.455 e. The summed E-state index contributed by atoms with van der Waals surface area (Å²) in [5.41, 5.74) is 5.64. The highest BCUT2D eigenvalue weighted by atomic mass is 16.4. The molecule has 0 saturated heterocycles. The zero-order valence-corrected chi connectivity index (χ0v) is 17.4. The summed E-state index contributed by atoms with van der Waals surface area (Å²) in [6.45, 7) is 5.68. The molecule has 0 bridgehead atoms. The first-order chi connectivity index (χ1) is 14.5. The number of amides is 2. The van der Waals surface area contributed by atoms with E-state index in [0.717, 1.165) is 46.2 Å². The van der Waals surface area contributed by atoms with Crippen LogP contribution in [-0.4, -0.2) is 23.6 Å². The minimum atomic E-state index is -0.259. The predicted molar refractivity (Wildman–Crippen MR) is 117 cm³/mol. The highest BCUT2D eigenvalue weighted by molar-refractivity contribution is 6.09. The topological polar surface area (TPSA) is 83.7 Å². The Balaban J connectivity index is 1.62. The number of fused-ring (bicyclic) bond motifs is 2. The number of rotatable bonds is 4. The highest BCUT2D eigenvalue weighted by Crippen LogP contribution is 2.30. The van der Waals surface area contributed by atoms with E-state index in [0.29, 0.717) is 17.7 Å². The average Bonchev–Trinajstić information content (AvgIpc) is 3.08. The van der Waals surface area contributed by atoms with Gasteiger partial charge < -0.3 is 9.73 Å². The molecule has 0 radical (unpaired) electrons. The monoisotopic (exact) mass is 403 g/mol. The maximum Gasteiger partial charge on any atom is 0.287 e. The number of nitrogens with one attached hydrogen (secondary N) is 2. The number of hydrogen-bond acceptors (Lipinski definition) is 4. The summed E-state index contributed by atoms with van der Waals surface area (Å²) in [6.07, 6.45) is 2.32. The van der Waals surface area contributed by atoms with Gasteiger partial charge >= 0.3 is 0 Å². The molecular weight excluding hydrogens is 378 g/mol. The molecule has 1 aromatic heterocycles. The van der Waals surface area contributed by atoms with E-state index < -0.39 is 0 Å². The van der Waals surface area contributed by atoms with Crippen molar-refractivity contribution in [2.24, 2.45) is 5.10 Å². The van der Waals surface area contributed by atoms with Crippen LogP contribution in [0.25, 0.3) is 10.8 Å². The Morgan fingerprint density at radius 1 is 1.03 bits per heavy atom. The van der Waals surface area contributed by atoms with Gasteiger partial charge in [-0.1, -0.05) is 36.4 Å². The molecule has 1 heterocycles. The van der Waals surface area contributed by atoms with E-state index in [1.54, 1.807) is 6.07 Å². The van der Waals surface area contributed by atoms with Crippen LogP contribution in [0.3, 0.4) is 0 Å². The van der Waals surface area contributed by atoms with Crippen molar-refractivity contribution in [3.63, 3.8) is 0 Å². The standard InChI is InChI=1S/C24H25N3O3/c1-14(2)25-24(29)22-15(3)21-19(12-7-13-20(21)30-22)26-27-23(28)18-11-6-9-16-8-4-5-10-17(16)18/h4-6,8-11,14H,7,12-13H2,1-3H3,(H,25,29)(H,27,28)/b26-19+. The second kappa shape index (κ2) is 8.14. The number of benzene rings is 2. The molecule has 2 N–H and O–H groups in total. The van der Waals surface area contributed by atoms with Crippen molar-refractivity contribution in [1.82, 2.24) is 10.7 Å². The van der Waals surface area contributed by atoms with Gasteiger partial charge in [0.1, 0.15) is 5.76 Å². The summed E-state index contributed by atoms with van der Waals surface area (Å²) >= 11 is 0. The minimum Gasteiger partial charge on any atom is -0.455 e. The van der Waals surface area contributed by atoms with Crippen LogP contribution in [0.2, 0.25) is 0 Å².